The van der Waals surface area contributed by atoms with E-state index in [4.69, 9.17) is 6.42 Å². The van der Waals surface area contributed by atoms with Crippen molar-refractivity contribution >= 4 is 21.8 Å². The molecule has 1 heterocycles. The van der Waals surface area contributed by atoms with Crippen LogP contribution < -0.4 is 10.9 Å². The number of carbonyl (C=O) groups excluding carboxylic acids is 1. The second-order valence-electron chi connectivity index (χ2n) is 2.66. The molecule has 0 fully saturated rings. The number of halogens is 1. The fourth-order valence-corrected chi connectivity index (χ4v) is 1.24. The standard InChI is InChI=1S/C9H8BrN3O2/c1-2-3-12-8(14)5-13-6-11-4-7(10)9(13)15/h1,4,6H,3,5H2,(H,12,14). The molecule has 5 nitrogen and oxygen atoms in total. The van der Waals surface area contributed by atoms with Crippen molar-refractivity contribution in [3.8, 4) is 12.3 Å². The van der Waals surface area contributed by atoms with Gasteiger partial charge in [-0.25, -0.2) is 4.98 Å². The number of nitrogens with one attached hydrogen (secondary N) is 1. The first-order valence-electron chi connectivity index (χ1n) is 4.05. The van der Waals surface area contributed by atoms with Gasteiger partial charge >= 0.3 is 0 Å². The highest BCUT2D eigenvalue weighted by molar-refractivity contribution is 9.10. The fourth-order valence-electron chi connectivity index (χ4n) is 0.897. The van der Waals surface area contributed by atoms with Crippen LogP contribution in [-0.2, 0) is 11.3 Å². The number of nitrogens with zero attached hydrogens (tertiary/aromatic N) is 2. The summed E-state index contributed by atoms with van der Waals surface area (Å²) in [6.45, 7) is 0.0575. The van der Waals surface area contributed by atoms with Crippen LogP contribution in [0, 0.1) is 12.3 Å². The van der Waals surface area contributed by atoms with Crippen molar-refractivity contribution in [2.75, 3.05) is 6.54 Å². The maximum absolute atomic E-state index is 11.4. The van der Waals surface area contributed by atoms with Gasteiger partial charge in [0.25, 0.3) is 5.56 Å². The zero-order valence-electron chi connectivity index (χ0n) is 7.74. The minimum Gasteiger partial charge on any atom is -0.344 e. The molecule has 15 heavy (non-hydrogen) atoms. The first-order chi connectivity index (χ1) is 7.15. The normalized spacial score (nSPS) is 9.33. The minimum absolute atomic E-state index is 0.0903. The molecule has 0 saturated heterocycles. The number of amides is 1. The summed E-state index contributed by atoms with van der Waals surface area (Å²) in [7, 11) is 0. The van der Waals surface area contributed by atoms with Crippen molar-refractivity contribution in [3.63, 3.8) is 0 Å². The topological polar surface area (TPSA) is 64.0 Å². The highest BCUT2D eigenvalue weighted by Gasteiger charge is 2.05. The molecule has 0 aliphatic heterocycles. The van der Waals surface area contributed by atoms with Crippen LogP contribution in [0.3, 0.4) is 0 Å². The first kappa shape index (κ1) is 11.5. The van der Waals surface area contributed by atoms with E-state index in [9.17, 15) is 9.59 Å². The molecule has 0 spiro atoms. The number of aromatic nitrogens is 2. The lowest BCUT2D eigenvalue weighted by Gasteiger charge is -2.04. The Balaban J connectivity index is 2.74. The van der Waals surface area contributed by atoms with Crippen LogP contribution in [-0.4, -0.2) is 22.0 Å². The lowest BCUT2D eigenvalue weighted by atomic mass is 10.5. The van der Waals surface area contributed by atoms with E-state index in [-0.39, 0.29) is 24.6 Å². The van der Waals surface area contributed by atoms with E-state index < -0.39 is 0 Å². The summed E-state index contributed by atoms with van der Waals surface area (Å²) in [6, 6.07) is 0. The van der Waals surface area contributed by atoms with Gasteiger partial charge in [-0.05, 0) is 15.9 Å². The van der Waals surface area contributed by atoms with Gasteiger partial charge in [-0.15, -0.1) is 6.42 Å². The average molecular weight is 270 g/mol. The largest absolute Gasteiger partial charge is 0.344 e. The number of hydrogen-bond acceptors (Lipinski definition) is 3. The van der Waals surface area contributed by atoms with E-state index in [1.54, 1.807) is 0 Å². The molecular weight excluding hydrogens is 262 g/mol. The van der Waals surface area contributed by atoms with E-state index in [1.165, 1.54) is 17.1 Å². The van der Waals surface area contributed by atoms with Crippen molar-refractivity contribution in [2.45, 2.75) is 6.54 Å². The van der Waals surface area contributed by atoms with Crippen molar-refractivity contribution in [3.05, 3.63) is 27.4 Å². The Kier molecular flexibility index (Phi) is 4.06. The van der Waals surface area contributed by atoms with Gasteiger partial charge in [0.1, 0.15) is 11.0 Å². The van der Waals surface area contributed by atoms with Crippen molar-refractivity contribution in [1.29, 1.82) is 0 Å². The van der Waals surface area contributed by atoms with Gasteiger partial charge in [0, 0.05) is 6.20 Å². The molecule has 1 aromatic rings. The maximum Gasteiger partial charge on any atom is 0.268 e. The summed E-state index contributed by atoms with van der Waals surface area (Å²) in [5.41, 5.74) is -0.305. The number of carbonyl (C=O) groups is 1. The molecule has 0 radical (unpaired) electrons. The van der Waals surface area contributed by atoms with Crippen molar-refractivity contribution in [1.82, 2.24) is 14.9 Å². The average Bonchev–Trinajstić information content (AvgIpc) is 2.22. The van der Waals surface area contributed by atoms with E-state index in [2.05, 4.69) is 32.2 Å². The lowest BCUT2D eigenvalue weighted by molar-refractivity contribution is -0.121. The van der Waals surface area contributed by atoms with Gasteiger partial charge in [-0.1, -0.05) is 5.92 Å². The summed E-state index contributed by atoms with van der Waals surface area (Å²) in [6.07, 6.45) is 7.64. The second-order valence-corrected chi connectivity index (χ2v) is 3.51. The Labute approximate surface area is 94.6 Å². The van der Waals surface area contributed by atoms with E-state index in [1.807, 2.05) is 0 Å². The van der Waals surface area contributed by atoms with Crippen LogP contribution in [0.25, 0.3) is 0 Å². The van der Waals surface area contributed by atoms with Crippen LogP contribution in [0.15, 0.2) is 21.8 Å². The molecule has 1 amide bonds. The Hall–Kier alpha value is -1.61. The molecule has 0 saturated carbocycles. The zero-order chi connectivity index (χ0) is 11.3. The third kappa shape index (κ3) is 3.22. The van der Waals surface area contributed by atoms with Gasteiger partial charge in [-0.2, -0.15) is 0 Å². The SMILES string of the molecule is C#CCNC(=O)Cn1cncc(Br)c1=O. The fraction of sp³-hybridized carbons (Fsp3) is 0.222. The summed E-state index contributed by atoms with van der Waals surface area (Å²) < 4.78 is 1.50. The molecule has 6 heteroatoms. The Morgan fingerprint density at radius 1 is 1.73 bits per heavy atom. The summed E-state index contributed by atoms with van der Waals surface area (Å²) >= 11 is 3.03. The van der Waals surface area contributed by atoms with Gasteiger partial charge in [0.05, 0.1) is 12.9 Å². The van der Waals surface area contributed by atoms with Crippen LogP contribution >= 0.6 is 15.9 Å². The third-order valence-electron chi connectivity index (χ3n) is 1.56. The first-order valence-corrected chi connectivity index (χ1v) is 4.84. The minimum atomic E-state index is -0.324. The number of rotatable bonds is 3. The van der Waals surface area contributed by atoms with Crippen LogP contribution in [0.5, 0.6) is 0 Å². The zero-order valence-corrected chi connectivity index (χ0v) is 9.32. The van der Waals surface area contributed by atoms with Gasteiger partial charge < -0.3 is 5.32 Å². The molecule has 0 aliphatic carbocycles. The summed E-state index contributed by atoms with van der Waals surface area (Å²) in [5, 5.41) is 2.45. The highest BCUT2D eigenvalue weighted by Crippen LogP contribution is 1.97. The summed E-state index contributed by atoms with van der Waals surface area (Å²) in [4.78, 5) is 26.4. The number of terminal acetylenes is 1. The van der Waals surface area contributed by atoms with E-state index in [0.717, 1.165) is 0 Å². The van der Waals surface area contributed by atoms with E-state index in [0.29, 0.717) is 4.47 Å². The molecule has 1 aromatic heterocycles. The molecular formula is C9H8BrN3O2. The summed E-state index contributed by atoms with van der Waals surface area (Å²) in [5.74, 6) is 1.94. The smallest absolute Gasteiger partial charge is 0.268 e. The van der Waals surface area contributed by atoms with Gasteiger partial charge in [0.15, 0.2) is 0 Å². The monoisotopic (exact) mass is 269 g/mol. The molecule has 0 unspecified atom stereocenters. The molecule has 78 valence electrons. The predicted octanol–water partition coefficient (Wildman–Crippen LogP) is -0.245. The third-order valence-corrected chi connectivity index (χ3v) is 2.10. The van der Waals surface area contributed by atoms with Crippen molar-refractivity contribution in [2.24, 2.45) is 0 Å². The van der Waals surface area contributed by atoms with Crippen LogP contribution in [0.1, 0.15) is 0 Å². The molecule has 1 N–H and O–H groups in total. The van der Waals surface area contributed by atoms with E-state index >= 15 is 0 Å². The molecule has 0 atom stereocenters. The van der Waals surface area contributed by atoms with Gasteiger partial charge in [-0.3, -0.25) is 14.2 Å². The van der Waals surface area contributed by atoms with Crippen LogP contribution in [0.2, 0.25) is 0 Å². The Morgan fingerprint density at radius 3 is 3.13 bits per heavy atom. The highest BCUT2D eigenvalue weighted by atomic mass is 79.9. The number of hydrogen-bond donors (Lipinski definition) is 1. The van der Waals surface area contributed by atoms with Gasteiger partial charge in [0.2, 0.25) is 5.91 Å². The molecule has 0 aromatic carbocycles. The van der Waals surface area contributed by atoms with Crippen LogP contribution in [0.4, 0.5) is 0 Å². The molecule has 1 rings (SSSR count). The van der Waals surface area contributed by atoms with Crippen molar-refractivity contribution < 1.29 is 4.79 Å². The maximum atomic E-state index is 11.4. The second kappa shape index (κ2) is 5.32. The molecule has 0 bridgehead atoms. The quantitative estimate of drug-likeness (QED) is 0.771. The molecule has 0 aliphatic rings. The predicted molar refractivity (Wildman–Crippen MR) is 58.0 cm³/mol. The lowest BCUT2D eigenvalue weighted by Crippen LogP contribution is -2.32. The Bertz CT molecular complexity index is 461. The Morgan fingerprint density at radius 2 is 2.47 bits per heavy atom.